The smallest absolute Gasteiger partial charge is 0.164 e. The van der Waals surface area contributed by atoms with Crippen LogP contribution in [-0.2, 0) is 6.54 Å². The second-order valence-electron chi connectivity index (χ2n) is 6.35. The molecule has 0 radical (unpaired) electrons. The summed E-state index contributed by atoms with van der Waals surface area (Å²) in [6, 6.07) is 18.3. The van der Waals surface area contributed by atoms with Crippen LogP contribution >= 0.6 is 0 Å². The van der Waals surface area contributed by atoms with Crippen LogP contribution < -0.4 is 4.74 Å². The third-order valence-corrected chi connectivity index (χ3v) is 4.65. The first kappa shape index (κ1) is 17.2. The number of pyridine rings is 1. The van der Waals surface area contributed by atoms with E-state index in [1.165, 1.54) is 0 Å². The average Bonchev–Trinajstić information content (AvgIpc) is 3.08. The molecule has 2 heterocycles. The van der Waals surface area contributed by atoms with E-state index in [0.717, 1.165) is 51.7 Å². The minimum atomic E-state index is 0.638. The maximum Gasteiger partial charge on any atom is 0.164 e. The van der Waals surface area contributed by atoms with Crippen molar-refractivity contribution in [2.75, 3.05) is 6.61 Å². The highest BCUT2D eigenvalue weighted by Crippen LogP contribution is 2.32. The Kier molecular flexibility index (Phi) is 4.59. The van der Waals surface area contributed by atoms with Crippen molar-refractivity contribution in [3.05, 3.63) is 60.4 Å². The summed E-state index contributed by atoms with van der Waals surface area (Å²) in [5.41, 5.74) is 3.90. The van der Waals surface area contributed by atoms with E-state index in [2.05, 4.69) is 39.9 Å². The summed E-state index contributed by atoms with van der Waals surface area (Å²) in [5, 5.41) is 9.81. The fourth-order valence-corrected chi connectivity index (χ4v) is 3.38. The van der Waals surface area contributed by atoms with Gasteiger partial charge in [0.1, 0.15) is 11.6 Å². The summed E-state index contributed by atoms with van der Waals surface area (Å²) in [6.07, 6.45) is 0. The molecule has 4 aromatic rings. The van der Waals surface area contributed by atoms with E-state index in [1.807, 2.05) is 50.2 Å². The number of rotatable bonds is 5. The molecule has 0 aliphatic carbocycles. The first-order valence-corrected chi connectivity index (χ1v) is 9.24. The largest absolute Gasteiger partial charge is 0.494 e. The SMILES string of the molecule is CCOc1cccc(-c2cc(-c3nnc(C)n3CC)c3ccccc3n2)c1. The van der Waals surface area contributed by atoms with E-state index in [9.17, 15) is 0 Å². The molecule has 5 nitrogen and oxygen atoms in total. The third-order valence-electron chi connectivity index (χ3n) is 4.65. The zero-order valence-corrected chi connectivity index (χ0v) is 15.8. The molecule has 4 rings (SSSR count). The van der Waals surface area contributed by atoms with Gasteiger partial charge in [-0.05, 0) is 45.0 Å². The van der Waals surface area contributed by atoms with Crippen molar-refractivity contribution in [2.24, 2.45) is 0 Å². The second-order valence-corrected chi connectivity index (χ2v) is 6.35. The first-order chi connectivity index (χ1) is 13.2. The van der Waals surface area contributed by atoms with Gasteiger partial charge >= 0.3 is 0 Å². The number of nitrogens with zero attached hydrogens (tertiary/aromatic N) is 4. The molecule has 0 fully saturated rings. The fraction of sp³-hybridized carbons (Fsp3) is 0.227. The minimum absolute atomic E-state index is 0.638. The van der Waals surface area contributed by atoms with Gasteiger partial charge in [-0.25, -0.2) is 4.98 Å². The summed E-state index contributed by atoms with van der Waals surface area (Å²) >= 11 is 0. The molecule has 0 atom stereocenters. The van der Waals surface area contributed by atoms with Crippen LogP contribution in [0.3, 0.4) is 0 Å². The summed E-state index contributed by atoms with van der Waals surface area (Å²) in [7, 11) is 0. The van der Waals surface area contributed by atoms with Gasteiger partial charge in [0.25, 0.3) is 0 Å². The standard InChI is InChI=1S/C22H22N4O/c1-4-26-15(3)24-25-22(26)19-14-21(23-20-12-7-6-11-18(19)20)16-9-8-10-17(13-16)27-5-2/h6-14H,4-5H2,1-3H3. The highest BCUT2D eigenvalue weighted by molar-refractivity contribution is 5.95. The Labute approximate surface area is 158 Å². The molecule has 2 aromatic heterocycles. The van der Waals surface area contributed by atoms with Crippen LogP contribution in [0.1, 0.15) is 19.7 Å². The number of hydrogen-bond donors (Lipinski definition) is 0. The molecule has 0 aliphatic heterocycles. The molecule has 136 valence electrons. The molecule has 0 unspecified atom stereocenters. The zero-order chi connectivity index (χ0) is 18.8. The lowest BCUT2D eigenvalue weighted by atomic mass is 10.0. The van der Waals surface area contributed by atoms with Gasteiger partial charge in [0.05, 0.1) is 17.8 Å². The molecule has 0 N–H and O–H groups in total. The van der Waals surface area contributed by atoms with Crippen LogP contribution in [0.25, 0.3) is 33.5 Å². The van der Waals surface area contributed by atoms with E-state index in [0.29, 0.717) is 6.61 Å². The van der Waals surface area contributed by atoms with Crippen molar-refractivity contribution in [3.63, 3.8) is 0 Å². The monoisotopic (exact) mass is 358 g/mol. The predicted octanol–water partition coefficient (Wildman–Crippen LogP) is 4.89. The first-order valence-electron chi connectivity index (χ1n) is 9.24. The van der Waals surface area contributed by atoms with Crippen molar-refractivity contribution in [1.82, 2.24) is 19.7 Å². The van der Waals surface area contributed by atoms with Gasteiger partial charge in [-0.2, -0.15) is 0 Å². The van der Waals surface area contributed by atoms with Crippen molar-refractivity contribution in [1.29, 1.82) is 0 Å². The maximum atomic E-state index is 5.66. The van der Waals surface area contributed by atoms with Crippen molar-refractivity contribution < 1.29 is 4.74 Å². The predicted molar refractivity (Wildman–Crippen MR) is 108 cm³/mol. The van der Waals surface area contributed by atoms with Crippen molar-refractivity contribution in [3.8, 4) is 28.4 Å². The van der Waals surface area contributed by atoms with Crippen molar-refractivity contribution >= 4 is 10.9 Å². The van der Waals surface area contributed by atoms with Gasteiger partial charge in [-0.1, -0.05) is 30.3 Å². The van der Waals surface area contributed by atoms with Gasteiger partial charge < -0.3 is 9.30 Å². The van der Waals surface area contributed by atoms with Gasteiger partial charge in [-0.15, -0.1) is 10.2 Å². The van der Waals surface area contributed by atoms with E-state index in [-0.39, 0.29) is 0 Å². The Morgan fingerprint density at radius 2 is 1.81 bits per heavy atom. The van der Waals surface area contributed by atoms with E-state index in [1.54, 1.807) is 0 Å². The number of para-hydroxylation sites is 1. The highest BCUT2D eigenvalue weighted by Gasteiger charge is 2.15. The molecular formula is C22H22N4O. The molecule has 5 heteroatoms. The zero-order valence-electron chi connectivity index (χ0n) is 15.8. The summed E-state index contributed by atoms with van der Waals surface area (Å²) < 4.78 is 7.78. The number of aromatic nitrogens is 4. The van der Waals surface area contributed by atoms with Crippen LogP contribution in [-0.4, -0.2) is 26.4 Å². The molecule has 0 saturated heterocycles. The van der Waals surface area contributed by atoms with Gasteiger partial charge in [-0.3, -0.25) is 0 Å². The minimum Gasteiger partial charge on any atom is -0.494 e. The Balaban J connectivity index is 1.95. The lowest BCUT2D eigenvalue weighted by Crippen LogP contribution is -2.01. The number of aryl methyl sites for hydroxylation is 1. The summed E-state index contributed by atoms with van der Waals surface area (Å²) in [5.74, 6) is 2.63. The Hall–Kier alpha value is -3.21. The number of benzene rings is 2. The van der Waals surface area contributed by atoms with E-state index in [4.69, 9.17) is 9.72 Å². The second kappa shape index (κ2) is 7.19. The fourth-order valence-electron chi connectivity index (χ4n) is 3.38. The summed E-state index contributed by atoms with van der Waals surface area (Å²) in [6.45, 7) is 7.53. The number of fused-ring (bicyclic) bond motifs is 1. The van der Waals surface area contributed by atoms with Crippen molar-refractivity contribution in [2.45, 2.75) is 27.3 Å². The van der Waals surface area contributed by atoms with Gasteiger partial charge in [0.2, 0.25) is 0 Å². The normalized spacial score (nSPS) is 11.1. The quantitative estimate of drug-likeness (QED) is 0.510. The van der Waals surface area contributed by atoms with E-state index >= 15 is 0 Å². The number of hydrogen-bond acceptors (Lipinski definition) is 4. The molecule has 0 amide bonds. The number of ether oxygens (including phenoxy) is 1. The molecule has 0 bridgehead atoms. The molecule has 0 aliphatic rings. The van der Waals surface area contributed by atoms with Crippen LogP contribution in [0.2, 0.25) is 0 Å². The van der Waals surface area contributed by atoms with E-state index < -0.39 is 0 Å². The maximum absolute atomic E-state index is 5.66. The molecule has 0 spiro atoms. The highest BCUT2D eigenvalue weighted by atomic mass is 16.5. The molecular weight excluding hydrogens is 336 g/mol. The lowest BCUT2D eigenvalue weighted by molar-refractivity contribution is 0.340. The topological polar surface area (TPSA) is 52.8 Å². The Bertz CT molecular complexity index is 1100. The van der Waals surface area contributed by atoms with Crippen LogP contribution in [0.15, 0.2) is 54.6 Å². The molecule has 2 aromatic carbocycles. The molecule has 0 saturated carbocycles. The van der Waals surface area contributed by atoms with Gasteiger partial charge in [0, 0.05) is 23.1 Å². The Morgan fingerprint density at radius 3 is 2.63 bits per heavy atom. The Morgan fingerprint density at radius 1 is 0.963 bits per heavy atom. The molecule has 27 heavy (non-hydrogen) atoms. The van der Waals surface area contributed by atoms with Crippen LogP contribution in [0.4, 0.5) is 0 Å². The average molecular weight is 358 g/mol. The van der Waals surface area contributed by atoms with Crippen LogP contribution in [0.5, 0.6) is 5.75 Å². The van der Waals surface area contributed by atoms with Crippen LogP contribution in [0, 0.1) is 6.92 Å². The third kappa shape index (κ3) is 3.16. The summed E-state index contributed by atoms with van der Waals surface area (Å²) in [4.78, 5) is 4.88. The van der Waals surface area contributed by atoms with Gasteiger partial charge in [0.15, 0.2) is 5.82 Å². The lowest BCUT2D eigenvalue weighted by Gasteiger charge is -2.12.